The first-order chi connectivity index (χ1) is 7.19. The van der Waals surface area contributed by atoms with Crippen molar-refractivity contribution in [1.82, 2.24) is 5.32 Å². The van der Waals surface area contributed by atoms with Gasteiger partial charge < -0.3 is 10.6 Å². The number of amides is 1. The van der Waals surface area contributed by atoms with Gasteiger partial charge in [-0.1, -0.05) is 25.1 Å². The van der Waals surface area contributed by atoms with Gasteiger partial charge in [0.15, 0.2) is 0 Å². The number of hydrogen-bond acceptors (Lipinski definition) is 2. The highest BCUT2D eigenvalue weighted by molar-refractivity contribution is 5.81. The Hall–Kier alpha value is -1.51. The first kappa shape index (κ1) is 11.6. The number of aryl methyl sites for hydroxylation is 2. The molecule has 3 heteroatoms. The van der Waals surface area contributed by atoms with Crippen LogP contribution in [-0.2, 0) is 11.2 Å². The number of carbonyl (C=O) groups excluding carboxylic acids is 1. The van der Waals surface area contributed by atoms with Crippen LogP contribution < -0.4 is 10.6 Å². The van der Waals surface area contributed by atoms with Crippen molar-refractivity contribution < 1.29 is 4.79 Å². The lowest BCUT2D eigenvalue weighted by molar-refractivity contribution is -0.118. The Morgan fingerprint density at radius 2 is 2.13 bits per heavy atom. The molecule has 0 radical (unpaired) electrons. The van der Waals surface area contributed by atoms with Crippen LogP contribution in [0.3, 0.4) is 0 Å². The molecule has 0 aliphatic carbocycles. The molecule has 1 aromatic rings. The zero-order chi connectivity index (χ0) is 11.3. The molecule has 0 aliphatic heterocycles. The van der Waals surface area contributed by atoms with Crippen molar-refractivity contribution in [3.05, 3.63) is 29.3 Å². The molecule has 3 nitrogen and oxygen atoms in total. The molecule has 1 rings (SSSR count). The number of para-hydroxylation sites is 1. The Morgan fingerprint density at radius 3 is 2.73 bits per heavy atom. The van der Waals surface area contributed by atoms with Gasteiger partial charge in [0.1, 0.15) is 0 Å². The molecule has 0 aromatic heterocycles. The Morgan fingerprint density at radius 1 is 1.40 bits per heavy atom. The summed E-state index contributed by atoms with van der Waals surface area (Å²) < 4.78 is 0. The van der Waals surface area contributed by atoms with Gasteiger partial charge in [0.25, 0.3) is 0 Å². The van der Waals surface area contributed by atoms with Crippen LogP contribution in [0.1, 0.15) is 18.1 Å². The van der Waals surface area contributed by atoms with E-state index in [0.717, 1.165) is 12.1 Å². The minimum Gasteiger partial charge on any atom is -0.376 e. The fourth-order valence-corrected chi connectivity index (χ4v) is 1.53. The van der Waals surface area contributed by atoms with E-state index in [1.807, 2.05) is 19.1 Å². The monoisotopic (exact) mass is 206 g/mol. The van der Waals surface area contributed by atoms with Crippen LogP contribution in [0.25, 0.3) is 0 Å². The quantitative estimate of drug-likeness (QED) is 0.787. The summed E-state index contributed by atoms with van der Waals surface area (Å²) in [6.45, 7) is 4.49. The highest BCUT2D eigenvalue weighted by Crippen LogP contribution is 2.20. The topological polar surface area (TPSA) is 41.1 Å². The lowest BCUT2D eigenvalue weighted by Gasteiger charge is -2.13. The minimum absolute atomic E-state index is 0.000283. The number of nitrogens with one attached hydrogen (secondary N) is 2. The molecular formula is C12H18N2O. The lowest BCUT2D eigenvalue weighted by atomic mass is 10.1. The van der Waals surface area contributed by atoms with Crippen LogP contribution in [0.5, 0.6) is 0 Å². The van der Waals surface area contributed by atoms with E-state index in [2.05, 4.69) is 23.6 Å². The first-order valence-corrected chi connectivity index (χ1v) is 5.22. The van der Waals surface area contributed by atoms with Gasteiger partial charge in [-0.2, -0.15) is 0 Å². The third-order valence-corrected chi connectivity index (χ3v) is 2.44. The van der Waals surface area contributed by atoms with Crippen molar-refractivity contribution in [2.45, 2.75) is 20.3 Å². The predicted octanol–water partition coefficient (Wildman–Crippen LogP) is 1.72. The van der Waals surface area contributed by atoms with Crippen molar-refractivity contribution >= 4 is 11.6 Å². The van der Waals surface area contributed by atoms with Gasteiger partial charge in [0.05, 0.1) is 6.54 Å². The third-order valence-electron chi connectivity index (χ3n) is 2.44. The SMILES string of the molecule is CCc1cccc(C)c1NCC(=O)NC. The average molecular weight is 206 g/mol. The van der Waals surface area contributed by atoms with Gasteiger partial charge in [0, 0.05) is 12.7 Å². The fourth-order valence-electron chi connectivity index (χ4n) is 1.53. The van der Waals surface area contributed by atoms with E-state index in [0.29, 0.717) is 6.54 Å². The van der Waals surface area contributed by atoms with Gasteiger partial charge in [-0.25, -0.2) is 0 Å². The summed E-state index contributed by atoms with van der Waals surface area (Å²) in [4.78, 5) is 11.1. The minimum atomic E-state index is 0.000283. The molecule has 1 amide bonds. The zero-order valence-electron chi connectivity index (χ0n) is 9.55. The van der Waals surface area contributed by atoms with Crippen LogP contribution in [0.4, 0.5) is 5.69 Å². The van der Waals surface area contributed by atoms with Crippen LogP contribution in [0.2, 0.25) is 0 Å². The largest absolute Gasteiger partial charge is 0.376 e. The molecular weight excluding hydrogens is 188 g/mol. The molecule has 0 fully saturated rings. The van der Waals surface area contributed by atoms with Crippen molar-refractivity contribution in [3.63, 3.8) is 0 Å². The summed E-state index contributed by atoms with van der Waals surface area (Å²) in [6, 6.07) is 6.17. The van der Waals surface area contributed by atoms with E-state index < -0.39 is 0 Å². The standard InChI is InChI=1S/C12H18N2O/c1-4-10-7-5-6-9(2)12(10)14-8-11(15)13-3/h5-7,14H,4,8H2,1-3H3,(H,13,15). The van der Waals surface area contributed by atoms with Crippen molar-refractivity contribution in [1.29, 1.82) is 0 Å². The van der Waals surface area contributed by atoms with Gasteiger partial charge in [-0.3, -0.25) is 4.79 Å². The van der Waals surface area contributed by atoms with E-state index in [-0.39, 0.29) is 5.91 Å². The second-order valence-corrected chi connectivity index (χ2v) is 3.49. The fraction of sp³-hybridized carbons (Fsp3) is 0.417. The van der Waals surface area contributed by atoms with Gasteiger partial charge >= 0.3 is 0 Å². The predicted molar refractivity (Wildman–Crippen MR) is 63.1 cm³/mol. The number of rotatable bonds is 4. The smallest absolute Gasteiger partial charge is 0.239 e. The molecule has 0 atom stereocenters. The molecule has 1 aromatic carbocycles. The van der Waals surface area contributed by atoms with E-state index in [9.17, 15) is 4.79 Å². The second kappa shape index (κ2) is 5.39. The van der Waals surface area contributed by atoms with Crippen LogP contribution >= 0.6 is 0 Å². The summed E-state index contributed by atoms with van der Waals surface area (Å²) in [6.07, 6.45) is 0.970. The average Bonchev–Trinajstić information content (AvgIpc) is 2.26. The molecule has 82 valence electrons. The molecule has 0 bridgehead atoms. The number of carbonyl (C=O) groups is 1. The third kappa shape index (κ3) is 2.98. The highest BCUT2D eigenvalue weighted by atomic mass is 16.1. The van der Waals surface area contributed by atoms with Crippen LogP contribution in [-0.4, -0.2) is 19.5 Å². The molecule has 0 saturated heterocycles. The van der Waals surface area contributed by atoms with Gasteiger partial charge in [-0.05, 0) is 24.5 Å². The van der Waals surface area contributed by atoms with Crippen molar-refractivity contribution in [3.8, 4) is 0 Å². The van der Waals surface area contributed by atoms with Gasteiger partial charge in [-0.15, -0.1) is 0 Å². The Kier molecular flexibility index (Phi) is 4.16. The van der Waals surface area contributed by atoms with E-state index in [1.165, 1.54) is 11.1 Å². The van der Waals surface area contributed by atoms with Crippen molar-refractivity contribution in [2.24, 2.45) is 0 Å². The molecule has 0 heterocycles. The lowest BCUT2D eigenvalue weighted by Crippen LogP contribution is -2.26. The summed E-state index contributed by atoms with van der Waals surface area (Å²) in [5, 5.41) is 5.76. The van der Waals surface area contributed by atoms with Gasteiger partial charge in [0.2, 0.25) is 5.91 Å². The number of anilines is 1. The Labute approximate surface area is 90.9 Å². The second-order valence-electron chi connectivity index (χ2n) is 3.49. The maximum atomic E-state index is 11.1. The van der Waals surface area contributed by atoms with E-state index in [4.69, 9.17) is 0 Å². The first-order valence-electron chi connectivity index (χ1n) is 5.22. The maximum absolute atomic E-state index is 11.1. The highest BCUT2D eigenvalue weighted by Gasteiger charge is 2.04. The molecule has 0 spiro atoms. The summed E-state index contributed by atoms with van der Waals surface area (Å²) >= 11 is 0. The van der Waals surface area contributed by atoms with Crippen molar-refractivity contribution in [2.75, 3.05) is 18.9 Å². The zero-order valence-corrected chi connectivity index (χ0v) is 9.55. The molecule has 0 saturated carbocycles. The Balaban J connectivity index is 2.78. The summed E-state index contributed by atoms with van der Waals surface area (Å²) in [5.41, 5.74) is 3.51. The molecule has 2 N–H and O–H groups in total. The number of benzene rings is 1. The number of likely N-dealkylation sites (N-methyl/N-ethyl adjacent to an activating group) is 1. The summed E-state index contributed by atoms with van der Waals surface area (Å²) in [5.74, 6) is 0.000283. The molecule has 0 unspecified atom stereocenters. The van der Waals surface area contributed by atoms with Crippen LogP contribution in [0.15, 0.2) is 18.2 Å². The normalized spacial score (nSPS) is 9.80. The number of hydrogen-bond donors (Lipinski definition) is 2. The Bertz CT molecular complexity index is 347. The van der Waals surface area contributed by atoms with E-state index >= 15 is 0 Å². The molecule has 0 aliphatic rings. The van der Waals surface area contributed by atoms with E-state index in [1.54, 1.807) is 7.05 Å². The molecule has 15 heavy (non-hydrogen) atoms. The maximum Gasteiger partial charge on any atom is 0.239 e. The van der Waals surface area contributed by atoms with Crippen LogP contribution in [0, 0.1) is 6.92 Å². The summed E-state index contributed by atoms with van der Waals surface area (Å²) in [7, 11) is 1.64.